The molecule has 0 spiro atoms. The topological polar surface area (TPSA) is 53.6 Å². The summed E-state index contributed by atoms with van der Waals surface area (Å²) in [6.07, 6.45) is 0. The molecule has 2 heterocycles. The number of rotatable bonds is 4. The van der Waals surface area contributed by atoms with Crippen molar-refractivity contribution >= 4 is 28.0 Å². The second-order valence-corrected chi connectivity index (χ2v) is 5.55. The number of nitrogens with zero attached hydrogens (tertiary/aromatic N) is 1. The number of hydrogen-bond donors (Lipinski definition) is 0. The van der Waals surface area contributed by atoms with E-state index in [1.165, 1.54) is 7.11 Å². The van der Waals surface area contributed by atoms with Crippen LogP contribution in [0.5, 0.6) is 5.75 Å². The van der Waals surface area contributed by atoms with Gasteiger partial charge in [-0.1, -0.05) is 30.3 Å². The Morgan fingerprint density at radius 3 is 2.52 bits per heavy atom. The number of ether oxygens (including phenoxy) is 2. The minimum absolute atomic E-state index is 0.0878. The Labute approximate surface area is 144 Å². The third-order valence-electron chi connectivity index (χ3n) is 4.13. The van der Waals surface area contributed by atoms with Crippen molar-refractivity contribution in [3.05, 3.63) is 60.4 Å². The molecule has 0 fully saturated rings. The Balaban J connectivity index is 2.16. The van der Waals surface area contributed by atoms with E-state index < -0.39 is 5.97 Å². The lowest BCUT2D eigenvalue weighted by molar-refractivity contribution is 0.0562. The van der Waals surface area contributed by atoms with E-state index in [4.69, 9.17) is 13.9 Å². The maximum absolute atomic E-state index is 12.2. The molecule has 0 aliphatic heterocycles. The number of fused-ring (bicyclic) bond motifs is 3. The van der Waals surface area contributed by atoms with Crippen LogP contribution in [-0.2, 0) is 4.74 Å². The molecule has 0 bridgehead atoms. The first-order chi connectivity index (χ1) is 12.3. The van der Waals surface area contributed by atoms with Gasteiger partial charge in [0, 0.05) is 11.1 Å². The Bertz CT molecular complexity index is 1060. The molecule has 5 heteroatoms. The average molecular weight is 335 g/mol. The molecule has 0 saturated carbocycles. The number of para-hydroxylation sites is 2. The average Bonchev–Trinajstić information content (AvgIpc) is 3.17. The van der Waals surface area contributed by atoms with Crippen molar-refractivity contribution in [1.29, 1.82) is 0 Å². The molecule has 0 atom stereocenters. The second kappa shape index (κ2) is 6.02. The molecule has 2 aromatic heterocycles. The van der Waals surface area contributed by atoms with Crippen molar-refractivity contribution in [2.45, 2.75) is 6.92 Å². The zero-order valence-corrected chi connectivity index (χ0v) is 14.0. The summed E-state index contributed by atoms with van der Waals surface area (Å²) in [5, 5.41) is 0.914. The Hall–Kier alpha value is -3.21. The van der Waals surface area contributed by atoms with Crippen molar-refractivity contribution in [2.75, 3.05) is 13.7 Å². The highest BCUT2D eigenvalue weighted by Gasteiger charge is 2.28. The quantitative estimate of drug-likeness (QED) is 0.513. The zero-order chi connectivity index (χ0) is 17.4. The van der Waals surface area contributed by atoms with Crippen molar-refractivity contribution in [2.24, 2.45) is 0 Å². The first kappa shape index (κ1) is 15.3. The van der Waals surface area contributed by atoms with Crippen LogP contribution in [0.15, 0.2) is 59.0 Å². The van der Waals surface area contributed by atoms with Gasteiger partial charge in [-0.2, -0.15) is 0 Å². The summed E-state index contributed by atoms with van der Waals surface area (Å²) in [5.74, 6) is -0.0578. The minimum atomic E-state index is -0.552. The third-order valence-corrected chi connectivity index (χ3v) is 4.13. The van der Waals surface area contributed by atoms with Crippen molar-refractivity contribution in [1.82, 2.24) is 4.57 Å². The fourth-order valence-corrected chi connectivity index (χ4v) is 3.12. The molecule has 0 aliphatic carbocycles. The lowest BCUT2D eigenvalue weighted by Crippen LogP contribution is -2.04. The lowest BCUT2D eigenvalue weighted by Gasteiger charge is -2.09. The van der Waals surface area contributed by atoms with E-state index >= 15 is 0 Å². The van der Waals surface area contributed by atoms with Gasteiger partial charge in [-0.3, -0.25) is 0 Å². The Kier molecular flexibility index (Phi) is 3.69. The van der Waals surface area contributed by atoms with Gasteiger partial charge < -0.3 is 18.5 Å². The molecule has 126 valence electrons. The SMILES string of the molecule is CCOc1c(C(=O)OC)oc2c3ccccc3n(-c3ccccc3)c12. The van der Waals surface area contributed by atoms with Crippen LogP contribution in [0, 0.1) is 0 Å². The smallest absolute Gasteiger partial charge is 0.378 e. The molecule has 0 radical (unpaired) electrons. The van der Waals surface area contributed by atoms with E-state index in [0.29, 0.717) is 17.9 Å². The molecular formula is C20H17NO4. The normalized spacial score (nSPS) is 11.1. The molecule has 0 unspecified atom stereocenters. The maximum Gasteiger partial charge on any atom is 0.378 e. The minimum Gasteiger partial charge on any atom is -0.488 e. The molecule has 0 aliphatic rings. The van der Waals surface area contributed by atoms with E-state index in [1.807, 2.05) is 66.1 Å². The monoisotopic (exact) mass is 335 g/mol. The highest BCUT2D eigenvalue weighted by atomic mass is 16.5. The number of carbonyl (C=O) groups is 1. The molecule has 25 heavy (non-hydrogen) atoms. The van der Waals surface area contributed by atoms with Gasteiger partial charge in [-0.25, -0.2) is 4.79 Å². The second-order valence-electron chi connectivity index (χ2n) is 5.55. The van der Waals surface area contributed by atoms with Gasteiger partial charge in [-0.05, 0) is 31.2 Å². The number of furan rings is 1. The summed E-state index contributed by atoms with van der Waals surface area (Å²) >= 11 is 0. The van der Waals surface area contributed by atoms with E-state index in [2.05, 4.69) is 0 Å². The van der Waals surface area contributed by atoms with Crippen LogP contribution in [0.1, 0.15) is 17.5 Å². The van der Waals surface area contributed by atoms with Gasteiger partial charge in [0.05, 0.1) is 19.2 Å². The molecule has 0 saturated heterocycles. The highest BCUT2D eigenvalue weighted by molar-refractivity contribution is 6.11. The van der Waals surface area contributed by atoms with Gasteiger partial charge in [0.15, 0.2) is 11.3 Å². The zero-order valence-electron chi connectivity index (χ0n) is 14.0. The van der Waals surface area contributed by atoms with Crippen LogP contribution in [0.4, 0.5) is 0 Å². The predicted octanol–water partition coefficient (Wildman–Crippen LogP) is 4.56. The fourth-order valence-electron chi connectivity index (χ4n) is 3.12. The van der Waals surface area contributed by atoms with E-state index in [-0.39, 0.29) is 5.76 Å². The summed E-state index contributed by atoms with van der Waals surface area (Å²) in [6, 6.07) is 17.8. The van der Waals surface area contributed by atoms with Crippen LogP contribution in [0.2, 0.25) is 0 Å². The van der Waals surface area contributed by atoms with Crippen LogP contribution >= 0.6 is 0 Å². The van der Waals surface area contributed by atoms with E-state index in [0.717, 1.165) is 22.1 Å². The number of esters is 1. The Morgan fingerprint density at radius 1 is 1.08 bits per heavy atom. The first-order valence-corrected chi connectivity index (χ1v) is 8.08. The van der Waals surface area contributed by atoms with Gasteiger partial charge in [0.25, 0.3) is 5.76 Å². The number of aromatic nitrogens is 1. The molecular weight excluding hydrogens is 318 g/mol. The largest absolute Gasteiger partial charge is 0.488 e. The van der Waals surface area contributed by atoms with Gasteiger partial charge in [0.2, 0.25) is 0 Å². The number of hydrogen-bond acceptors (Lipinski definition) is 4. The highest BCUT2D eigenvalue weighted by Crippen LogP contribution is 2.41. The summed E-state index contributed by atoms with van der Waals surface area (Å²) in [7, 11) is 1.33. The molecule has 4 rings (SSSR count). The third kappa shape index (κ3) is 2.28. The molecule has 0 amide bonds. The summed E-state index contributed by atoms with van der Waals surface area (Å²) in [6.45, 7) is 2.28. The summed E-state index contributed by atoms with van der Waals surface area (Å²) < 4.78 is 18.6. The molecule has 5 nitrogen and oxygen atoms in total. The number of benzene rings is 2. The molecule has 2 aromatic carbocycles. The number of methoxy groups -OCH3 is 1. The van der Waals surface area contributed by atoms with Gasteiger partial charge in [0.1, 0.15) is 5.52 Å². The molecule has 4 aromatic rings. The van der Waals surface area contributed by atoms with Crippen LogP contribution < -0.4 is 4.74 Å². The van der Waals surface area contributed by atoms with Gasteiger partial charge >= 0.3 is 5.97 Å². The van der Waals surface area contributed by atoms with Crippen molar-refractivity contribution in [3.8, 4) is 11.4 Å². The van der Waals surface area contributed by atoms with Crippen LogP contribution in [0.3, 0.4) is 0 Å². The number of carbonyl (C=O) groups excluding carboxylic acids is 1. The Morgan fingerprint density at radius 2 is 1.80 bits per heavy atom. The fraction of sp³-hybridized carbons (Fsp3) is 0.150. The summed E-state index contributed by atoms with van der Waals surface area (Å²) in [4.78, 5) is 12.2. The van der Waals surface area contributed by atoms with Crippen molar-refractivity contribution < 1.29 is 18.7 Å². The molecule has 0 N–H and O–H groups in total. The standard InChI is InChI=1S/C20H17NO4/c1-3-24-18-16-17(25-19(18)20(22)23-2)14-11-7-8-12-15(14)21(16)13-9-5-4-6-10-13/h4-12H,3H2,1-2H3. The van der Waals surface area contributed by atoms with Crippen LogP contribution in [-0.4, -0.2) is 24.3 Å². The van der Waals surface area contributed by atoms with Crippen LogP contribution in [0.25, 0.3) is 27.7 Å². The first-order valence-electron chi connectivity index (χ1n) is 8.08. The predicted molar refractivity (Wildman–Crippen MR) is 95.6 cm³/mol. The van der Waals surface area contributed by atoms with Crippen molar-refractivity contribution in [3.63, 3.8) is 0 Å². The summed E-state index contributed by atoms with van der Waals surface area (Å²) in [5.41, 5.74) is 3.30. The lowest BCUT2D eigenvalue weighted by atomic mass is 10.2. The van der Waals surface area contributed by atoms with E-state index in [9.17, 15) is 4.79 Å². The maximum atomic E-state index is 12.2. The van der Waals surface area contributed by atoms with Gasteiger partial charge in [-0.15, -0.1) is 0 Å². The van der Waals surface area contributed by atoms with E-state index in [1.54, 1.807) is 0 Å².